The van der Waals surface area contributed by atoms with Gasteiger partial charge in [-0.2, -0.15) is 18.3 Å². The number of pyridine rings is 1. The van der Waals surface area contributed by atoms with Gasteiger partial charge in [0, 0.05) is 22.7 Å². The number of aliphatic hydroxyl groups is 1. The van der Waals surface area contributed by atoms with E-state index in [4.69, 9.17) is 21.1 Å². The maximum Gasteiger partial charge on any atom is 0.417 e. The summed E-state index contributed by atoms with van der Waals surface area (Å²) in [6.45, 7) is 3.38. The summed E-state index contributed by atoms with van der Waals surface area (Å²) >= 11 is 5.90. The van der Waals surface area contributed by atoms with Crippen LogP contribution in [0.15, 0.2) is 55.2 Å². The molecule has 0 saturated carbocycles. The van der Waals surface area contributed by atoms with E-state index in [-0.39, 0.29) is 12.5 Å². The van der Waals surface area contributed by atoms with Crippen LogP contribution in [0.5, 0.6) is 11.6 Å². The molecule has 0 radical (unpaired) electrons. The Bertz CT molecular complexity index is 965. The molecule has 0 aliphatic heterocycles. The van der Waals surface area contributed by atoms with Crippen LogP contribution in [-0.2, 0) is 6.18 Å². The molecule has 11 heteroatoms. The molecular formula is C20H20ClF3N4O3. The summed E-state index contributed by atoms with van der Waals surface area (Å²) in [5, 5.41) is 15.6. The van der Waals surface area contributed by atoms with Crippen molar-refractivity contribution in [2.75, 3.05) is 6.61 Å². The number of halogens is 4. The lowest BCUT2D eigenvalue weighted by atomic mass is 9.86. The van der Waals surface area contributed by atoms with Gasteiger partial charge in [-0.25, -0.2) is 14.6 Å². The van der Waals surface area contributed by atoms with Crippen molar-refractivity contribution in [1.29, 1.82) is 0 Å². The molecule has 1 aromatic carbocycles. The minimum atomic E-state index is -4.48. The molecule has 3 aromatic rings. The number of rotatable bonds is 8. The van der Waals surface area contributed by atoms with Crippen LogP contribution in [0, 0.1) is 5.41 Å². The third kappa shape index (κ3) is 5.86. The zero-order valence-corrected chi connectivity index (χ0v) is 17.4. The topological polar surface area (TPSA) is 82.3 Å². The normalized spacial score (nSPS) is 14.2. The number of ether oxygens (including phenoxy) is 2. The Hall–Kier alpha value is -2.85. The molecular weight excluding hydrogens is 437 g/mol. The van der Waals surface area contributed by atoms with E-state index < -0.39 is 29.5 Å². The molecule has 31 heavy (non-hydrogen) atoms. The van der Waals surface area contributed by atoms with E-state index in [1.54, 1.807) is 38.1 Å². The highest BCUT2D eigenvalue weighted by Gasteiger charge is 2.38. The number of aromatic nitrogens is 4. The van der Waals surface area contributed by atoms with Crippen LogP contribution in [0.2, 0.25) is 5.02 Å². The van der Waals surface area contributed by atoms with Crippen molar-refractivity contribution < 1.29 is 27.8 Å². The molecule has 0 aliphatic rings. The molecule has 2 atom stereocenters. The smallest absolute Gasteiger partial charge is 0.417 e. The highest BCUT2D eigenvalue weighted by molar-refractivity contribution is 6.30. The summed E-state index contributed by atoms with van der Waals surface area (Å²) in [4.78, 5) is 7.57. The van der Waals surface area contributed by atoms with Crippen LogP contribution in [-0.4, -0.2) is 37.6 Å². The predicted octanol–water partition coefficient (Wildman–Crippen LogP) is 4.39. The lowest BCUT2D eigenvalue weighted by molar-refractivity contribution is -0.137. The van der Waals surface area contributed by atoms with Crippen molar-refractivity contribution in [1.82, 2.24) is 19.7 Å². The second kappa shape index (κ2) is 9.11. The monoisotopic (exact) mass is 456 g/mol. The fourth-order valence-corrected chi connectivity index (χ4v) is 2.76. The summed E-state index contributed by atoms with van der Waals surface area (Å²) in [6.07, 6.45) is -3.17. The molecule has 0 fully saturated rings. The lowest BCUT2D eigenvalue weighted by Gasteiger charge is -2.35. The molecule has 2 unspecified atom stereocenters. The number of nitrogens with zero attached hydrogens (tertiary/aromatic N) is 4. The van der Waals surface area contributed by atoms with Crippen LogP contribution in [0.3, 0.4) is 0 Å². The second-order valence-electron chi connectivity index (χ2n) is 7.44. The van der Waals surface area contributed by atoms with Crippen molar-refractivity contribution in [3.05, 3.63) is 65.8 Å². The Labute approximate surface area is 181 Å². The van der Waals surface area contributed by atoms with E-state index in [0.29, 0.717) is 17.0 Å². The Morgan fingerprint density at radius 3 is 2.39 bits per heavy atom. The van der Waals surface area contributed by atoms with E-state index in [1.165, 1.54) is 17.3 Å². The minimum Gasteiger partial charge on any atom is -0.477 e. The Balaban J connectivity index is 1.73. The summed E-state index contributed by atoms with van der Waals surface area (Å²) < 4.78 is 50.8. The third-order valence-corrected chi connectivity index (χ3v) is 4.75. The van der Waals surface area contributed by atoms with Gasteiger partial charge in [0.05, 0.1) is 12.2 Å². The molecule has 0 spiro atoms. The summed E-state index contributed by atoms with van der Waals surface area (Å²) in [7, 11) is 0. The predicted molar refractivity (Wildman–Crippen MR) is 106 cm³/mol. The first-order valence-corrected chi connectivity index (χ1v) is 9.54. The van der Waals surface area contributed by atoms with Gasteiger partial charge in [0.1, 0.15) is 24.5 Å². The molecule has 2 heterocycles. The molecule has 166 valence electrons. The van der Waals surface area contributed by atoms with Crippen molar-refractivity contribution in [2.45, 2.75) is 32.4 Å². The van der Waals surface area contributed by atoms with Crippen molar-refractivity contribution in [2.24, 2.45) is 5.41 Å². The van der Waals surface area contributed by atoms with Crippen LogP contribution >= 0.6 is 11.6 Å². The summed E-state index contributed by atoms with van der Waals surface area (Å²) in [5.74, 6) is 0.453. The van der Waals surface area contributed by atoms with Gasteiger partial charge < -0.3 is 14.6 Å². The number of alkyl halides is 3. The molecule has 0 saturated heterocycles. The molecule has 3 rings (SSSR count). The quantitative estimate of drug-likeness (QED) is 0.541. The van der Waals surface area contributed by atoms with Crippen LogP contribution in [0.1, 0.15) is 25.6 Å². The molecule has 2 aromatic heterocycles. The van der Waals surface area contributed by atoms with Gasteiger partial charge in [-0.05, 0) is 30.3 Å². The van der Waals surface area contributed by atoms with Gasteiger partial charge >= 0.3 is 6.18 Å². The highest BCUT2D eigenvalue weighted by atomic mass is 35.5. The number of aliphatic hydroxyl groups excluding tert-OH is 1. The minimum absolute atomic E-state index is 0.00389. The number of hydrogen-bond acceptors (Lipinski definition) is 6. The van der Waals surface area contributed by atoms with Gasteiger partial charge in [0.2, 0.25) is 12.1 Å². The number of benzene rings is 1. The molecule has 0 aliphatic carbocycles. The van der Waals surface area contributed by atoms with Gasteiger partial charge in [-0.15, -0.1) is 0 Å². The first kappa shape index (κ1) is 22.8. The second-order valence-corrected chi connectivity index (χ2v) is 7.88. The van der Waals surface area contributed by atoms with Crippen molar-refractivity contribution >= 4 is 11.6 Å². The van der Waals surface area contributed by atoms with E-state index >= 15 is 0 Å². The average Bonchev–Trinajstić information content (AvgIpc) is 3.25. The molecule has 1 N–H and O–H groups in total. The Morgan fingerprint density at radius 1 is 1.13 bits per heavy atom. The first-order valence-electron chi connectivity index (χ1n) is 9.17. The van der Waals surface area contributed by atoms with Crippen molar-refractivity contribution in [3.8, 4) is 11.6 Å². The van der Waals surface area contributed by atoms with Crippen LogP contribution in [0.4, 0.5) is 13.2 Å². The Morgan fingerprint density at radius 2 is 1.84 bits per heavy atom. The van der Waals surface area contributed by atoms with Crippen molar-refractivity contribution in [3.63, 3.8) is 0 Å². The SMILES string of the molecule is CC(C)(COc1ccc(C(F)(F)F)cn1)C(O)C(Oc1ccc(Cl)cc1)n1cncn1. The summed E-state index contributed by atoms with van der Waals surface area (Å²) in [5.41, 5.74) is -1.78. The fraction of sp³-hybridized carbons (Fsp3) is 0.350. The average molecular weight is 457 g/mol. The van der Waals surface area contributed by atoms with Gasteiger partial charge in [0.25, 0.3) is 0 Å². The zero-order chi connectivity index (χ0) is 22.6. The maximum atomic E-state index is 12.7. The molecule has 0 bridgehead atoms. The van der Waals surface area contributed by atoms with Crippen LogP contribution < -0.4 is 9.47 Å². The maximum absolute atomic E-state index is 12.7. The lowest BCUT2D eigenvalue weighted by Crippen LogP contribution is -2.43. The Kier molecular flexibility index (Phi) is 6.71. The first-order chi connectivity index (χ1) is 14.6. The van der Waals surface area contributed by atoms with E-state index in [9.17, 15) is 18.3 Å². The fourth-order valence-electron chi connectivity index (χ4n) is 2.63. The molecule has 0 amide bonds. The van der Waals surface area contributed by atoms with Gasteiger partial charge in [-0.1, -0.05) is 25.4 Å². The third-order valence-electron chi connectivity index (χ3n) is 4.49. The number of hydrogen-bond donors (Lipinski definition) is 1. The highest BCUT2D eigenvalue weighted by Crippen LogP contribution is 2.33. The summed E-state index contributed by atoms with van der Waals surface area (Å²) in [6, 6.07) is 8.60. The molecule has 7 nitrogen and oxygen atoms in total. The zero-order valence-electron chi connectivity index (χ0n) is 16.6. The standard InChI is InChI=1S/C20H20ClF3N4O3/c1-19(2,10-30-16-8-3-13(9-26-16)20(22,23)24)17(29)18(28-12-25-11-27-28)31-15-6-4-14(21)5-7-15/h3-9,11-12,17-18,29H,10H2,1-2H3. The van der Waals surface area contributed by atoms with E-state index in [0.717, 1.165) is 12.1 Å². The van der Waals surface area contributed by atoms with Gasteiger partial charge in [-0.3, -0.25) is 0 Å². The largest absolute Gasteiger partial charge is 0.477 e. The van der Waals surface area contributed by atoms with E-state index in [1.807, 2.05) is 0 Å². The van der Waals surface area contributed by atoms with Gasteiger partial charge in [0.15, 0.2) is 0 Å². The van der Waals surface area contributed by atoms with Crippen LogP contribution in [0.25, 0.3) is 0 Å². The van der Waals surface area contributed by atoms with E-state index in [2.05, 4.69) is 15.1 Å².